The summed E-state index contributed by atoms with van der Waals surface area (Å²) in [4.78, 5) is 3.86. The Morgan fingerprint density at radius 2 is 2.08 bits per heavy atom. The molecule has 0 amide bonds. The van der Waals surface area contributed by atoms with Gasteiger partial charge in [0.25, 0.3) is 0 Å². The van der Waals surface area contributed by atoms with Crippen LogP contribution < -0.4 is 5.73 Å². The second kappa shape index (κ2) is 2.89. The lowest BCUT2D eigenvalue weighted by atomic mass is 10.3. The van der Waals surface area contributed by atoms with Gasteiger partial charge in [0.1, 0.15) is 12.1 Å². The minimum Gasteiger partial charge on any atom is -0.396 e. The molecule has 0 atom stereocenters. The van der Waals surface area contributed by atoms with E-state index in [-0.39, 0.29) is 16.8 Å². The van der Waals surface area contributed by atoms with Gasteiger partial charge < -0.3 is 5.73 Å². The molecule has 0 bridgehead atoms. The van der Waals surface area contributed by atoms with Crippen LogP contribution >= 0.6 is 0 Å². The number of rotatable bonds is 0. The quantitative estimate of drug-likeness (QED) is 0.569. The van der Waals surface area contributed by atoms with Gasteiger partial charge in [0.2, 0.25) is 0 Å². The van der Waals surface area contributed by atoms with E-state index in [2.05, 4.69) is 4.98 Å². The Hall–Kier alpha value is -2.07. The van der Waals surface area contributed by atoms with E-state index in [4.69, 9.17) is 16.3 Å². The summed E-state index contributed by atoms with van der Waals surface area (Å²) in [5.41, 5.74) is 6.83. The molecule has 0 aliphatic heterocycles. The molecule has 0 saturated heterocycles. The zero-order valence-electron chi connectivity index (χ0n) is 6.50. The molecule has 0 spiro atoms. The van der Waals surface area contributed by atoms with Gasteiger partial charge in [0.15, 0.2) is 0 Å². The number of nitrogens with zero attached hydrogens (tertiary/aromatic N) is 3. The van der Waals surface area contributed by atoms with Crippen LogP contribution in [0.25, 0.3) is 0 Å². The highest BCUT2D eigenvalue weighted by Gasteiger charge is 2.07. The molecule has 1 heterocycles. The van der Waals surface area contributed by atoms with Crippen molar-refractivity contribution >= 4 is 5.69 Å². The van der Waals surface area contributed by atoms with Crippen LogP contribution in [-0.2, 0) is 0 Å². The molecule has 2 N–H and O–H groups in total. The average molecular weight is 162 g/mol. The molecule has 1 aromatic heterocycles. The fourth-order valence-corrected chi connectivity index (χ4v) is 0.827. The van der Waals surface area contributed by atoms with Crippen LogP contribution in [0, 0.1) is 29.6 Å². The summed E-state index contributed by atoms with van der Waals surface area (Å²) >= 11 is 0. The van der Waals surface area contributed by atoms with Gasteiger partial charge in [0.05, 0.1) is 22.5 Å². The Kier molecular flexibility index (Phi) is 1.94. The van der Waals surface area contributed by atoms with Gasteiger partial charge in [-0.15, -0.1) is 0 Å². The van der Waals surface area contributed by atoms with Crippen LogP contribution in [0.15, 0.2) is 6.20 Å². The van der Waals surface area contributed by atoms with Gasteiger partial charge in [0, 0.05) is 6.20 Å². The van der Waals surface area contributed by atoms with Crippen LogP contribution in [0.1, 0.15) is 16.8 Å². The summed E-state index contributed by atoms with van der Waals surface area (Å²) in [6.45, 7) is 1.69. The largest absolute Gasteiger partial charge is 0.396 e. The first kappa shape index (κ1) is 8.03. The number of hydrogen-bond donors (Lipinski definition) is 1. The summed E-state index contributed by atoms with van der Waals surface area (Å²) < 4.78 is 0. The Morgan fingerprint density at radius 1 is 1.42 bits per heavy atom. The number of hydrogen-bond acceptors (Lipinski definition) is 4. The van der Waals surface area contributed by atoms with Crippen molar-refractivity contribution in [2.24, 2.45) is 0 Å². The summed E-state index contributed by atoms with van der Waals surface area (Å²) in [6, 6.07) is 3.72. The number of aryl methyl sites for hydroxylation is 1. The summed E-state index contributed by atoms with van der Waals surface area (Å²) in [5, 5.41) is 17.2. The van der Waals surface area contributed by atoms with Crippen LogP contribution in [0.5, 0.6) is 0 Å². The summed E-state index contributed by atoms with van der Waals surface area (Å²) in [7, 11) is 0. The maximum absolute atomic E-state index is 8.65. The van der Waals surface area contributed by atoms with Gasteiger partial charge in [-0.2, -0.15) is 10.5 Å². The molecule has 0 aliphatic rings. The first-order valence-electron chi connectivity index (χ1n) is 3.26. The second-order valence-electron chi connectivity index (χ2n) is 2.27. The predicted octanol–water partition coefficient (Wildman–Crippen LogP) is 0.716. The SMILES string of the molecule is Cc1[15n]cc([13C]#N)c([13C]#N)[13c]1N. The van der Waals surface area contributed by atoms with E-state index >= 15 is 0 Å². The molecular formula is C8H6N4. The standard InChI is InChI=1S/C8H6N4/c1-5-8(11)7(3-10)6(2-9)4-12-5/h4H,11H2,1H3/i2+1,3+1,8+1,12+1. The molecule has 0 unspecified atom stereocenters. The van der Waals surface area contributed by atoms with Crippen molar-refractivity contribution in [2.45, 2.75) is 6.92 Å². The lowest BCUT2D eigenvalue weighted by Crippen LogP contribution is -1.99. The Balaban J connectivity index is 3.52. The highest BCUT2D eigenvalue weighted by molar-refractivity contribution is 5.62. The van der Waals surface area contributed by atoms with Crippen molar-refractivity contribution in [1.82, 2.24) is 4.98 Å². The van der Waals surface area contributed by atoms with Gasteiger partial charge in [-0.25, -0.2) is 0 Å². The lowest BCUT2D eigenvalue weighted by molar-refractivity contribution is 1.18. The van der Waals surface area contributed by atoms with Gasteiger partial charge >= 0.3 is 0 Å². The molecule has 12 heavy (non-hydrogen) atoms. The zero-order valence-corrected chi connectivity index (χ0v) is 6.50. The van der Waals surface area contributed by atoms with E-state index in [1.807, 2.05) is 12.1 Å². The molecule has 4 nitrogen and oxygen atoms in total. The molecule has 0 aliphatic carbocycles. The normalized spacial score (nSPS) is 8.58. The van der Waals surface area contributed by atoms with Crippen LogP contribution in [-0.4, -0.2) is 4.98 Å². The highest BCUT2D eigenvalue weighted by atomic mass is 15.5. The van der Waals surface area contributed by atoms with Gasteiger partial charge in [-0.3, -0.25) is 4.98 Å². The molecule has 1 rings (SSSR count). The first-order valence-corrected chi connectivity index (χ1v) is 3.26. The van der Waals surface area contributed by atoms with E-state index in [9.17, 15) is 0 Å². The third-order valence-electron chi connectivity index (χ3n) is 1.55. The second-order valence-corrected chi connectivity index (χ2v) is 2.27. The number of nitrogens with two attached hydrogens (primary N) is 1. The molecule has 0 aromatic carbocycles. The van der Waals surface area contributed by atoms with E-state index < -0.39 is 0 Å². The zero-order chi connectivity index (χ0) is 9.14. The smallest absolute Gasteiger partial charge is 0.103 e. The third-order valence-corrected chi connectivity index (χ3v) is 1.55. The van der Waals surface area contributed by atoms with Crippen LogP contribution in [0.2, 0.25) is 0 Å². The third kappa shape index (κ3) is 1.06. The average Bonchev–Trinajstić information content (AvgIpc) is 2.09. The highest BCUT2D eigenvalue weighted by Crippen LogP contribution is 2.16. The van der Waals surface area contributed by atoms with Crippen molar-refractivity contribution in [2.75, 3.05) is 5.73 Å². The lowest BCUT2D eigenvalue weighted by Gasteiger charge is -2.01. The Morgan fingerprint density at radius 3 is 2.58 bits per heavy atom. The maximum atomic E-state index is 8.65. The van der Waals surface area contributed by atoms with Gasteiger partial charge in [-0.05, 0) is 6.92 Å². The van der Waals surface area contributed by atoms with Crippen molar-refractivity contribution in [3.8, 4) is 12.1 Å². The predicted molar refractivity (Wildman–Crippen MR) is 42.8 cm³/mol. The molecule has 1 aromatic rings. The molecule has 0 saturated carbocycles. The molecule has 0 radical (unpaired) electrons. The number of aromatic nitrogens is 1. The van der Waals surface area contributed by atoms with Crippen molar-refractivity contribution in [3.63, 3.8) is 0 Å². The van der Waals surface area contributed by atoms with Crippen molar-refractivity contribution in [1.29, 1.82) is 10.5 Å². The van der Waals surface area contributed by atoms with Crippen LogP contribution in [0.3, 0.4) is 0 Å². The topological polar surface area (TPSA) is 86.5 Å². The molecule has 58 valence electrons. The van der Waals surface area contributed by atoms with Gasteiger partial charge in [-0.1, -0.05) is 0 Å². The fourth-order valence-electron chi connectivity index (χ4n) is 0.827. The first-order chi connectivity index (χ1) is 5.70. The minimum absolute atomic E-state index is 0.213. The van der Waals surface area contributed by atoms with E-state index in [0.717, 1.165) is 0 Å². The van der Waals surface area contributed by atoms with E-state index in [1.165, 1.54) is 6.20 Å². The van der Waals surface area contributed by atoms with E-state index in [1.54, 1.807) is 6.92 Å². The maximum Gasteiger partial charge on any atom is 0.103 e. The number of pyridine rings is 1. The fraction of sp³-hybridized carbons (Fsp3) is 0.125. The Bertz CT molecular complexity index is 395. The van der Waals surface area contributed by atoms with E-state index in [0.29, 0.717) is 5.69 Å². The summed E-state index contributed by atoms with van der Waals surface area (Å²) in [6.07, 6.45) is 1.35. The molecule has 0 fully saturated rings. The van der Waals surface area contributed by atoms with Crippen molar-refractivity contribution < 1.29 is 0 Å². The van der Waals surface area contributed by atoms with Crippen molar-refractivity contribution in [3.05, 3.63) is 23.0 Å². The molecular weight excluding hydrogens is 156 g/mol. The summed E-state index contributed by atoms with van der Waals surface area (Å²) in [5.74, 6) is 0. The Labute approximate surface area is 69.9 Å². The number of nitrogen functional groups attached to an aromatic ring is 1. The van der Waals surface area contributed by atoms with Crippen LogP contribution in [0.4, 0.5) is 5.69 Å². The minimum atomic E-state index is 0.213. The number of anilines is 1. The monoisotopic (exact) mass is 162 g/mol. The molecule has 4 heteroatoms. The number of nitriles is 2.